The van der Waals surface area contributed by atoms with Gasteiger partial charge in [-0.15, -0.1) is 0 Å². The first-order valence-electron chi connectivity index (χ1n) is 4.16. The van der Waals surface area contributed by atoms with Gasteiger partial charge in [-0.2, -0.15) is 0 Å². The summed E-state index contributed by atoms with van der Waals surface area (Å²) in [5, 5.41) is 10.5. The van der Waals surface area contributed by atoms with Crippen LogP contribution in [0.15, 0.2) is 18.2 Å². The van der Waals surface area contributed by atoms with E-state index in [2.05, 4.69) is 0 Å². The lowest BCUT2D eigenvalue weighted by atomic mass is 10.1. The predicted octanol–water partition coefficient (Wildman–Crippen LogP) is 1.18. The highest BCUT2D eigenvalue weighted by Crippen LogP contribution is 2.31. The van der Waals surface area contributed by atoms with Crippen molar-refractivity contribution in [1.82, 2.24) is 0 Å². The van der Waals surface area contributed by atoms with Gasteiger partial charge in [0, 0.05) is 30.2 Å². The first-order valence-corrected chi connectivity index (χ1v) is 4.16. The van der Waals surface area contributed by atoms with Gasteiger partial charge in [0.25, 0.3) is 5.69 Å². The first kappa shape index (κ1) is 8.83. The molecule has 1 aromatic carbocycles. The van der Waals surface area contributed by atoms with Crippen LogP contribution in [0, 0.1) is 10.1 Å². The van der Waals surface area contributed by atoms with Crippen LogP contribution < -0.4 is 5.73 Å². The highest BCUT2D eigenvalue weighted by Gasteiger charge is 2.28. The van der Waals surface area contributed by atoms with E-state index in [0.717, 1.165) is 0 Å². The molecule has 0 saturated carbocycles. The lowest BCUT2D eigenvalue weighted by molar-refractivity contribution is -0.384. The Morgan fingerprint density at radius 2 is 2.21 bits per heavy atom. The number of nitro groups is 1. The number of benzene rings is 1. The van der Waals surface area contributed by atoms with Gasteiger partial charge in [0.05, 0.1) is 4.92 Å². The van der Waals surface area contributed by atoms with Gasteiger partial charge in [0.15, 0.2) is 5.78 Å². The summed E-state index contributed by atoms with van der Waals surface area (Å²) < 4.78 is 0. The van der Waals surface area contributed by atoms with E-state index in [1.807, 2.05) is 0 Å². The minimum absolute atomic E-state index is 0.0637. The van der Waals surface area contributed by atoms with Crippen molar-refractivity contribution in [2.75, 3.05) is 0 Å². The number of nitrogens with zero attached hydrogens (tertiary/aromatic N) is 1. The Morgan fingerprint density at radius 3 is 2.86 bits per heavy atom. The van der Waals surface area contributed by atoms with Crippen LogP contribution in [0.2, 0.25) is 0 Å². The van der Waals surface area contributed by atoms with Crippen molar-refractivity contribution in [2.24, 2.45) is 5.73 Å². The Balaban J connectivity index is 2.55. The number of Topliss-reactive ketones (excluding diaryl/α,β-unsaturated/α-hetero) is 1. The summed E-state index contributed by atoms with van der Waals surface area (Å²) >= 11 is 0. The molecule has 1 aromatic rings. The van der Waals surface area contributed by atoms with Gasteiger partial charge in [0.1, 0.15) is 0 Å². The maximum atomic E-state index is 11.3. The monoisotopic (exact) mass is 192 g/mol. The predicted molar refractivity (Wildman–Crippen MR) is 49.0 cm³/mol. The molecule has 1 aliphatic rings. The van der Waals surface area contributed by atoms with Gasteiger partial charge in [-0.1, -0.05) is 0 Å². The van der Waals surface area contributed by atoms with Gasteiger partial charge in [-0.3, -0.25) is 14.9 Å². The molecule has 1 atom stereocenters. The molecule has 0 aromatic heterocycles. The molecule has 5 nitrogen and oxygen atoms in total. The van der Waals surface area contributed by atoms with E-state index in [9.17, 15) is 14.9 Å². The number of ketones is 1. The number of nitro benzene ring substituents is 1. The average molecular weight is 192 g/mol. The van der Waals surface area contributed by atoms with Crippen molar-refractivity contribution in [3.05, 3.63) is 39.4 Å². The molecule has 2 N–H and O–H groups in total. The number of carbonyl (C=O) groups is 1. The van der Waals surface area contributed by atoms with Crippen molar-refractivity contribution >= 4 is 11.5 Å². The molecular weight excluding hydrogens is 184 g/mol. The molecule has 0 radical (unpaired) electrons. The van der Waals surface area contributed by atoms with E-state index in [0.29, 0.717) is 11.1 Å². The van der Waals surface area contributed by atoms with E-state index in [1.54, 1.807) is 6.07 Å². The van der Waals surface area contributed by atoms with Gasteiger partial charge in [-0.05, 0) is 11.6 Å². The summed E-state index contributed by atoms with van der Waals surface area (Å²) in [5.74, 6) is -0.115. The highest BCUT2D eigenvalue weighted by atomic mass is 16.6. The second-order valence-electron chi connectivity index (χ2n) is 3.26. The summed E-state index contributed by atoms with van der Waals surface area (Å²) in [6, 6.07) is 3.92. The third-order valence-electron chi connectivity index (χ3n) is 2.35. The molecule has 0 saturated heterocycles. The molecule has 0 spiro atoms. The minimum Gasteiger partial charge on any atom is -0.324 e. The summed E-state index contributed by atoms with van der Waals surface area (Å²) in [5.41, 5.74) is 6.71. The second-order valence-corrected chi connectivity index (χ2v) is 3.26. The summed E-state index contributed by atoms with van der Waals surface area (Å²) in [4.78, 5) is 21.3. The molecule has 14 heavy (non-hydrogen) atoms. The fourth-order valence-corrected chi connectivity index (χ4v) is 1.64. The average Bonchev–Trinajstić information content (AvgIpc) is 2.42. The highest BCUT2D eigenvalue weighted by molar-refractivity contribution is 6.01. The first-order chi connectivity index (χ1) is 6.59. The van der Waals surface area contributed by atoms with Gasteiger partial charge >= 0.3 is 0 Å². The van der Waals surface area contributed by atoms with Crippen LogP contribution in [0.3, 0.4) is 0 Å². The van der Waals surface area contributed by atoms with Crippen LogP contribution in [-0.2, 0) is 0 Å². The molecule has 0 amide bonds. The number of fused-ring (bicyclic) bond motifs is 1. The zero-order chi connectivity index (χ0) is 10.3. The fourth-order valence-electron chi connectivity index (χ4n) is 1.64. The van der Waals surface area contributed by atoms with E-state index in [1.165, 1.54) is 12.1 Å². The van der Waals surface area contributed by atoms with Crippen LogP contribution in [0.5, 0.6) is 0 Å². The molecule has 2 rings (SSSR count). The number of hydrogen-bond acceptors (Lipinski definition) is 4. The molecule has 72 valence electrons. The summed E-state index contributed by atoms with van der Waals surface area (Å²) in [6.45, 7) is 0. The molecule has 0 aliphatic heterocycles. The van der Waals surface area contributed by atoms with Gasteiger partial charge < -0.3 is 5.73 Å². The zero-order valence-electron chi connectivity index (χ0n) is 7.27. The Hall–Kier alpha value is -1.75. The smallest absolute Gasteiger partial charge is 0.270 e. The Morgan fingerprint density at radius 1 is 1.50 bits per heavy atom. The number of rotatable bonds is 1. The minimum atomic E-state index is -0.516. The summed E-state index contributed by atoms with van der Waals surface area (Å²) in [7, 11) is 0. The lowest BCUT2D eigenvalue weighted by Crippen LogP contribution is -2.05. The molecular formula is C9H8N2O3. The van der Waals surface area contributed by atoms with E-state index < -0.39 is 4.92 Å². The van der Waals surface area contributed by atoms with E-state index in [4.69, 9.17) is 5.73 Å². The summed E-state index contributed by atoms with van der Waals surface area (Å²) in [6.07, 6.45) is 0.247. The van der Waals surface area contributed by atoms with E-state index >= 15 is 0 Å². The molecule has 0 bridgehead atoms. The van der Waals surface area contributed by atoms with Crippen LogP contribution in [0.25, 0.3) is 0 Å². The molecule has 0 unspecified atom stereocenters. The third-order valence-corrected chi connectivity index (χ3v) is 2.35. The Bertz CT molecular complexity index is 428. The zero-order valence-corrected chi connectivity index (χ0v) is 7.27. The topological polar surface area (TPSA) is 86.2 Å². The van der Waals surface area contributed by atoms with Crippen molar-refractivity contribution in [3.8, 4) is 0 Å². The van der Waals surface area contributed by atoms with Crippen molar-refractivity contribution in [2.45, 2.75) is 12.5 Å². The lowest BCUT2D eigenvalue weighted by Gasteiger charge is -2.01. The number of carbonyl (C=O) groups excluding carboxylic acids is 1. The Labute approximate surface area is 79.7 Å². The number of nitrogens with two attached hydrogens (primary N) is 1. The van der Waals surface area contributed by atoms with Gasteiger partial charge in [0.2, 0.25) is 0 Å². The normalized spacial score (nSPS) is 19.5. The van der Waals surface area contributed by atoms with Crippen LogP contribution in [0.1, 0.15) is 28.4 Å². The fraction of sp³-hybridized carbons (Fsp3) is 0.222. The van der Waals surface area contributed by atoms with Crippen LogP contribution >= 0.6 is 0 Å². The molecule has 1 aliphatic carbocycles. The quantitative estimate of drug-likeness (QED) is 0.534. The van der Waals surface area contributed by atoms with Crippen molar-refractivity contribution in [3.63, 3.8) is 0 Å². The van der Waals surface area contributed by atoms with Gasteiger partial charge in [-0.25, -0.2) is 0 Å². The van der Waals surface area contributed by atoms with Crippen molar-refractivity contribution in [1.29, 1.82) is 0 Å². The SMILES string of the molecule is N[C@H]1CC(=O)c2cc([N+](=O)[O-])ccc21. The Kier molecular flexibility index (Phi) is 1.82. The maximum absolute atomic E-state index is 11.3. The largest absolute Gasteiger partial charge is 0.324 e. The maximum Gasteiger partial charge on any atom is 0.270 e. The molecule has 0 heterocycles. The second kappa shape index (κ2) is 2.88. The molecule has 0 fully saturated rings. The number of hydrogen-bond donors (Lipinski definition) is 1. The standard InChI is InChI=1S/C9H8N2O3/c10-8-4-9(12)7-3-5(11(13)14)1-2-6(7)8/h1-3,8H,4,10H2/t8-/m0/s1. The van der Waals surface area contributed by atoms with E-state index in [-0.39, 0.29) is 23.9 Å². The third kappa shape index (κ3) is 1.18. The molecule has 5 heteroatoms. The number of non-ortho nitro benzene ring substituents is 1. The van der Waals surface area contributed by atoms with Crippen LogP contribution in [-0.4, -0.2) is 10.7 Å². The van der Waals surface area contributed by atoms with Crippen molar-refractivity contribution < 1.29 is 9.72 Å². The van der Waals surface area contributed by atoms with Crippen LogP contribution in [0.4, 0.5) is 5.69 Å².